The predicted octanol–water partition coefficient (Wildman–Crippen LogP) is 6.40. The predicted molar refractivity (Wildman–Crippen MR) is 162 cm³/mol. The maximum absolute atomic E-state index is 14.0. The summed E-state index contributed by atoms with van der Waals surface area (Å²) in [5.41, 5.74) is 2.43. The molecular formula is C29H32Cl3N3O4S. The molecule has 7 nitrogen and oxygen atoms in total. The molecule has 11 heteroatoms. The molecular weight excluding hydrogens is 593 g/mol. The fourth-order valence-electron chi connectivity index (χ4n) is 4.15. The van der Waals surface area contributed by atoms with Gasteiger partial charge < -0.3 is 10.2 Å². The van der Waals surface area contributed by atoms with Crippen molar-refractivity contribution in [2.45, 2.75) is 51.6 Å². The van der Waals surface area contributed by atoms with Gasteiger partial charge in [0.25, 0.3) is 10.0 Å². The first-order valence-corrected chi connectivity index (χ1v) is 15.3. The number of anilines is 1. The Morgan fingerprint density at radius 2 is 1.57 bits per heavy atom. The molecule has 0 aliphatic carbocycles. The second kappa shape index (κ2) is 13.7. The van der Waals surface area contributed by atoms with Crippen LogP contribution in [0.4, 0.5) is 5.69 Å². The van der Waals surface area contributed by atoms with E-state index in [1.54, 1.807) is 63.2 Å². The average molecular weight is 625 g/mol. The van der Waals surface area contributed by atoms with Crippen molar-refractivity contribution in [2.75, 3.05) is 17.4 Å². The lowest BCUT2D eigenvalue weighted by atomic mass is 10.1. The van der Waals surface area contributed by atoms with Crippen LogP contribution in [0.1, 0.15) is 37.0 Å². The zero-order chi connectivity index (χ0) is 29.6. The van der Waals surface area contributed by atoms with Gasteiger partial charge in [0.2, 0.25) is 11.8 Å². The molecule has 3 rings (SSSR count). The zero-order valence-corrected chi connectivity index (χ0v) is 25.8. The van der Waals surface area contributed by atoms with E-state index in [1.807, 2.05) is 6.92 Å². The Kier molecular flexibility index (Phi) is 10.9. The van der Waals surface area contributed by atoms with Crippen LogP contribution >= 0.6 is 34.8 Å². The van der Waals surface area contributed by atoms with Crippen LogP contribution in [-0.4, -0.2) is 44.3 Å². The number of halogens is 3. The lowest BCUT2D eigenvalue weighted by molar-refractivity contribution is -0.140. The number of carbonyl (C=O) groups excluding carboxylic acids is 2. The highest BCUT2D eigenvalue weighted by Gasteiger charge is 2.34. The van der Waals surface area contributed by atoms with Crippen LogP contribution in [-0.2, 0) is 26.2 Å². The summed E-state index contributed by atoms with van der Waals surface area (Å²) >= 11 is 18.9. The first kappa shape index (κ1) is 31.7. The Bertz CT molecular complexity index is 1480. The molecule has 1 N–H and O–H groups in total. The van der Waals surface area contributed by atoms with Crippen molar-refractivity contribution in [1.29, 1.82) is 0 Å². The molecule has 3 aromatic rings. The van der Waals surface area contributed by atoms with Crippen molar-refractivity contribution < 1.29 is 18.0 Å². The normalized spacial score (nSPS) is 12.1. The van der Waals surface area contributed by atoms with Gasteiger partial charge in [-0.25, -0.2) is 8.42 Å². The molecule has 0 bridgehead atoms. The monoisotopic (exact) mass is 623 g/mol. The van der Waals surface area contributed by atoms with Crippen molar-refractivity contribution >= 4 is 62.3 Å². The summed E-state index contributed by atoms with van der Waals surface area (Å²) in [6.45, 7) is 6.98. The third kappa shape index (κ3) is 7.49. The van der Waals surface area contributed by atoms with Crippen LogP contribution in [0.25, 0.3) is 0 Å². The van der Waals surface area contributed by atoms with Crippen molar-refractivity contribution in [3.05, 3.63) is 92.4 Å². The molecule has 0 aromatic heterocycles. The molecule has 0 unspecified atom stereocenters. The van der Waals surface area contributed by atoms with Gasteiger partial charge in [-0.2, -0.15) is 0 Å². The zero-order valence-electron chi connectivity index (χ0n) is 22.7. The van der Waals surface area contributed by atoms with E-state index in [-0.39, 0.29) is 23.0 Å². The van der Waals surface area contributed by atoms with Gasteiger partial charge in [0.05, 0.1) is 10.6 Å². The molecule has 0 fully saturated rings. The highest BCUT2D eigenvalue weighted by Crippen LogP contribution is 2.29. The number of amides is 2. The topological polar surface area (TPSA) is 86.8 Å². The van der Waals surface area contributed by atoms with E-state index < -0.39 is 28.5 Å². The molecule has 3 aromatic carbocycles. The van der Waals surface area contributed by atoms with Gasteiger partial charge in [-0.1, -0.05) is 71.6 Å². The smallest absolute Gasteiger partial charge is 0.264 e. The van der Waals surface area contributed by atoms with E-state index in [0.717, 1.165) is 15.4 Å². The van der Waals surface area contributed by atoms with E-state index >= 15 is 0 Å². The van der Waals surface area contributed by atoms with Crippen LogP contribution in [0.5, 0.6) is 0 Å². The number of hydrogen-bond acceptors (Lipinski definition) is 4. The number of carbonyl (C=O) groups is 2. The second-order valence-electron chi connectivity index (χ2n) is 9.33. The average Bonchev–Trinajstić information content (AvgIpc) is 2.90. The number of nitrogens with one attached hydrogen (secondary N) is 1. The van der Waals surface area contributed by atoms with Crippen LogP contribution in [0.15, 0.2) is 65.6 Å². The van der Waals surface area contributed by atoms with Crippen LogP contribution in [0, 0.1) is 13.8 Å². The molecule has 0 aliphatic rings. The molecule has 0 heterocycles. The fraction of sp³-hybridized carbons (Fsp3) is 0.310. The van der Waals surface area contributed by atoms with Gasteiger partial charge in [0.1, 0.15) is 12.6 Å². The number of aryl methyl sites for hydroxylation is 2. The summed E-state index contributed by atoms with van der Waals surface area (Å²) in [6.07, 6.45) is 0.295. The Morgan fingerprint density at radius 3 is 2.15 bits per heavy atom. The van der Waals surface area contributed by atoms with E-state index in [2.05, 4.69) is 5.32 Å². The van der Waals surface area contributed by atoms with Crippen molar-refractivity contribution in [2.24, 2.45) is 0 Å². The number of nitrogens with zero attached hydrogens (tertiary/aromatic N) is 2. The minimum Gasteiger partial charge on any atom is -0.355 e. The summed E-state index contributed by atoms with van der Waals surface area (Å²) in [5.74, 6) is -0.939. The Hall–Kier alpha value is -2.78. The van der Waals surface area contributed by atoms with Gasteiger partial charge in [0, 0.05) is 28.2 Å². The Morgan fingerprint density at radius 1 is 0.900 bits per heavy atom. The van der Waals surface area contributed by atoms with Gasteiger partial charge in [-0.3, -0.25) is 13.9 Å². The number of benzene rings is 3. The quantitative estimate of drug-likeness (QED) is 0.267. The third-order valence-corrected chi connectivity index (χ3v) is 9.21. The largest absolute Gasteiger partial charge is 0.355 e. The molecule has 2 amide bonds. The van der Waals surface area contributed by atoms with E-state index in [4.69, 9.17) is 34.8 Å². The maximum Gasteiger partial charge on any atom is 0.264 e. The lowest BCUT2D eigenvalue weighted by Gasteiger charge is -2.33. The molecule has 40 heavy (non-hydrogen) atoms. The number of hydrogen-bond donors (Lipinski definition) is 1. The van der Waals surface area contributed by atoms with Gasteiger partial charge in [-0.05, 0) is 74.7 Å². The first-order valence-electron chi connectivity index (χ1n) is 12.8. The molecule has 0 saturated heterocycles. The summed E-state index contributed by atoms with van der Waals surface area (Å²) in [7, 11) is -4.20. The number of likely N-dealkylation sites (N-methyl/N-ethyl adjacent to an activating group) is 1. The van der Waals surface area contributed by atoms with Gasteiger partial charge >= 0.3 is 0 Å². The van der Waals surface area contributed by atoms with Gasteiger partial charge in [0.15, 0.2) is 0 Å². The number of rotatable bonds is 11. The minimum absolute atomic E-state index is 0.0191. The van der Waals surface area contributed by atoms with Gasteiger partial charge in [-0.15, -0.1) is 0 Å². The third-order valence-electron chi connectivity index (χ3n) is 6.42. The highest BCUT2D eigenvalue weighted by atomic mass is 35.5. The second-order valence-corrected chi connectivity index (χ2v) is 12.4. The molecule has 0 aliphatic heterocycles. The lowest BCUT2D eigenvalue weighted by Crippen LogP contribution is -2.52. The highest BCUT2D eigenvalue weighted by molar-refractivity contribution is 7.92. The molecule has 214 valence electrons. The van der Waals surface area contributed by atoms with Crippen molar-refractivity contribution in [3.8, 4) is 0 Å². The van der Waals surface area contributed by atoms with Crippen molar-refractivity contribution in [1.82, 2.24) is 10.2 Å². The minimum atomic E-state index is -4.20. The summed E-state index contributed by atoms with van der Waals surface area (Å²) in [4.78, 5) is 28.4. The molecule has 0 saturated carbocycles. The van der Waals surface area contributed by atoms with Crippen LogP contribution in [0.2, 0.25) is 15.1 Å². The molecule has 1 atom stereocenters. The molecule has 0 radical (unpaired) electrons. The summed E-state index contributed by atoms with van der Waals surface area (Å²) in [6, 6.07) is 15.2. The SMILES string of the molecule is CCNC(=O)[C@@H](CC)N(Cc1ccc(Cl)cc1Cl)C(=O)CN(c1ccc(C)c(Cl)c1)S(=O)(=O)c1ccc(C)cc1. The first-order chi connectivity index (χ1) is 18.9. The fourth-order valence-corrected chi connectivity index (χ4v) is 6.20. The Balaban J connectivity index is 2.10. The summed E-state index contributed by atoms with van der Waals surface area (Å²) in [5, 5.41) is 3.87. The summed E-state index contributed by atoms with van der Waals surface area (Å²) < 4.78 is 28.9. The van der Waals surface area contributed by atoms with E-state index in [9.17, 15) is 18.0 Å². The molecule has 0 spiro atoms. The standard InChI is InChI=1S/C29H32Cl3N3O4S/c1-5-27(29(37)33-6-2)34(17-21-10-11-22(30)15-26(21)32)28(36)18-35(23-12-9-20(4)25(31)16-23)40(38,39)24-13-7-19(3)8-14-24/h7-16,27H,5-6,17-18H2,1-4H3,(H,33,37)/t27-/m1/s1. The number of sulfonamides is 1. The van der Waals surface area contributed by atoms with E-state index in [0.29, 0.717) is 33.6 Å². The Labute approximate surface area is 251 Å². The van der Waals surface area contributed by atoms with E-state index in [1.165, 1.54) is 23.1 Å². The maximum atomic E-state index is 14.0. The van der Waals surface area contributed by atoms with Crippen LogP contribution < -0.4 is 9.62 Å². The van der Waals surface area contributed by atoms with Crippen molar-refractivity contribution in [3.63, 3.8) is 0 Å². The van der Waals surface area contributed by atoms with Crippen LogP contribution in [0.3, 0.4) is 0 Å².